The zero-order chi connectivity index (χ0) is 18.1. The van der Waals surface area contributed by atoms with Gasteiger partial charge in [-0.2, -0.15) is 4.98 Å². The number of hydrogen-bond donors (Lipinski definition) is 1. The van der Waals surface area contributed by atoms with Crippen molar-refractivity contribution in [3.8, 4) is 5.69 Å². The molecule has 0 atom stereocenters. The smallest absolute Gasteiger partial charge is 0.283 e. The summed E-state index contributed by atoms with van der Waals surface area (Å²) in [6.45, 7) is 4.71. The van der Waals surface area contributed by atoms with Gasteiger partial charge in [0, 0.05) is 23.3 Å². The zero-order valence-corrected chi connectivity index (χ0v) is 13.8. The molecule has 8 heteroatoms. The Bertz CT molecular complexity index is 1080. The van der Waals surface area contributed by atoms with Gasteiger partial charge in [-0.05, 0) is 42.3 Å². The predicted octanol–water partition coefficient (Wildman–Crippen LogP) is 3.16. The molecular formula is C17H12ClFN4O2. The number of pyridine rings is 1. The van der Waals surface area contributed by atoms with Crippen molar-refractivity contribution in [1.82, 2.24) is 14.5 Å². The Kier molecular flexibility index (Phi) is 4.33. The second-order valence-corrected chi connectivity index (χ2v) is 5.62. The number of carbonyl (C=O) groups excluding carboxylic acids is 1. The van der Waals surface area contributed by atoms with E-state index in [0.717, 1.165) is 0 Å². The van der Waals surface area contributed by atoms with E-state index < -0.39 is 11.7 Å². The maximum absolute atomic E-state index is 12.9. The van der Waals surface area contributed by atoms with Crippen molar-refractivity contribution in [1.29, 1.82) is 0 Å². The number of benzene rings is 1. The van der Waals surface area contributed by atoms with E-state index in [-0.39, 0.29) is 10.8 Å². The van der Waals surface area contributed by atoms with Gasteiger partial charge in [-0.25, -0.2) is 9.37 Å². The summed E-state index contributed by atoms with van der Waals surface area (Å²) >= 11 is 5.87. The van der Waals surface area contributed by atoms with Crippen molar-refractivity contribution in [2.45, 2.75) is 6.92 Å². The molecule has 1 amide bonds. The van der Waals surface area contributed by atoms with Crippen LogP contribution in [-0.2, 0) is 4.79 Å². The molecule has 3 aromatic rings. The van der Waals surface area contributed by atoms with Crippen LogP contribution in [0.25, 0.3) is 16.7 Å². The molecule has 0 unspecified atom stereocenters. The van der Waals surface area contributed by atoms with Gasteiger partial charge in [0.25, 0.3) is 11.5 Å². The Balaban J connectivity index is 2.20. The number of aryl methyl sites for hydroxylation is 1. The molecule has 2 aromatic heterocycles. The van der Waals surface area contributed by atoms with E-state index in [9.17, 15) is 14.0 Å². The highest BCUT2D eigenvalue weighted by molar-refractivity contribution is 6.28. The lowest BCUT2D eigenvalue weighted by atomic mass is 10.2. The fraction of sp³-hybridized carbons (Fsp3) is 0.0588. The minimum Gasteiger partial charge on any atom is -0.320 e. The number of rotatable bonds is 3. The Labute approximate surface area is 146 Å². The highest BCUT2D eigenvalue weighted by Crippen LogP contribution is 2.21. The van der Waals surface area contributed by atoms with Gasteiger partial charge in [0.15, 0.2) is 11.5 Å². The SMILES string of the molecule is C=C(F)C(=O)Nc1cccc(-n2c(=O)cc(C)c3cnc(Cl)nc32)c1. The largest absolute Gasteiger partial charge is 0.320 e. The summed E-state index contributed by atoms with van der Waals surface area (Å²) < 4.78 is 14.2. The van der Waals surface area contributed by atoms with E-state index in [1.165, 1.54) is 22.9 Å². The molecule has 0 aliphatic rings. The minimum absolute atomic E-state index is 0.00411. The van der Waals surface area contributed by atoms with E-state index >= 15 is 0 Å². The average Bonchev–Trinajstić information content (AvgIpc) is 2.54. The molecule has 0 aliphatic heterocycles. The summed E-state index contributed by atoms with van der Waals surface area (Å²) in [6.07, 6.45) is 1.54. The second-order valence-electron chi connectivity index (χ2n) is 5.29. The number of amides is 1. The van der Waals surface area contributed by atoms with Crippen molar-refractivity contribution in [3.05, 3.63) is 70.1 Å². The summed E-state index contributed by atoms with van der Waals surface area (Å²) in [6, 6.07) is 7.81. The van der Waals surface area contributed by atoms with Gasteiger partial charge in [0.05, 0.1) is 5.69 Å². The van der Waals surface area contributed by atoms with Crippen molar-refractivity contribution >= 4 is 34.2 Å². The van der Waals surface area contributed by atoms with Crippen molar-refractivity contribution in [2.75, 3.05) is 5.32 Å². The number of anilines is 1. The Hall–Kier alpha value is -3.06. The summed E-state index contributed by atoms with van der Waals surface area (Å²) in [4.78, 5) is 32.0. The topological polar surface area (TPSA) is 76.9 Å². The quantitative estimate of drug-likeness (QED) is 0.576. The number of hydrogen-bond acceptors (Lipinski definition) is 4. The van der Waals surface area contributed by atoms with Crippen molar-refractivity contribution in [3.63, 3.8) is 0 Å². The third kappa shape index (κ3) is 3.27. The molecule has 0 saturated heterocycles. The normalized spacial score (nSPS) is 10.7. The third-order valence-corrected chi connectivity index (χ3v) is 3.73. The minimum atomic E-state index is -1.11. The lowest BCUT2D eigenvalue weighted by molar-refractivity contribution is -0.114. The van der Waals surface area contributed by atoms with Gasteiger partial charge in [-0.3, -0.25) is 14.2 Å². The van der Waals surface area contributed by atoms with E-state index in [2.05, 4.69) is 21.9 Å². The van der Waals surface area contributed by atoms with Crippen LogP contribution >= 0.6 is 11.6 Å². The number of nitrogens with one attached hydrogen (secondary N) is 1. The molecule has 0 saturated carbocycles. The highest BCUT2D eigenvalue weighted by Gasteiger charge is 2.12. The number of nitrogens with zero attached hydrogens (tertiary/aromatic N) is 3. The van der Waals surface area contributed by atoms with E-state index in [0.29, 0.717) is 28.0 Å². The molecule has 0 aliphatic carbocycles. The first-order chi connectivity index (χ1) is 11.9. The van der Waals surface area contributed by atoms with Crippen LogP contribution < -0.4 is 10.9 Å². The molecule has 126 valence electrons. The Morgan fingerprint density at radius 3 is 2.84 bits per heavy atom. The summed E-state index contributed by atoms with van der Waals surface area (Å²) in [5.74, 6) is -2.06. The standard InChI is InChI=1S/C17H12ClFN4O2/c1-9-6-14(24)23(15-13(9)8-20-17(18)22-15)12-5-3-4-11(7-12)21-16(25)10(2)19/h3-8H,2H2,1H3,(H,21,25). The first kappa shape index (κ1) is 16.8. The molecule has 0 radical (unpaired) electrons. The van der Waals surface area contributed by atoms with E-state index in [1.807, 2.05) is 0 Å². The summed E-state index contributed by atoms with van der Waals surface area (Å²) in [5, 5.41) is 3.02. The lowest BCUT2D eigenvalue weighted by Gasteiger charge is -2.12. The maximum Gasteiger partial charge on any atom is 0.283 e. The van der Waals surface area contributed by atoms with Crippen LogP contribution in [0.2, 0.25) is 5.28 Å². The van der Waals surface area contributed by atoms with Gasteiger partial charge in [0.1, 0.15) is 0 Å². The fourth-order valence-electron chi connectivity index (χ4n) is 2.40. The molecule has 0 fully saturated rings. The molecule has 1 aromatic carbocycles. The van der Waals surface area contributed by atoms with Crippen LogP contribution in [0.15, 0.2) is 53.7 Å². The zero-order valence-electron chi connectivity index (χ0n) is 13.1. The first-order valence-corrected chi connectivity index (χ1v) is 7.55. The van der Waals surface area contributed by atoms with Crippen LogP contribution in [-0.4, -0.2) is 20.4 Å². The van der Waals surface area contributed by atoms with Crippen LogP contribution in [0.4, 0.5) is 10.1 Å². The average molecular weight is 359 g/mol. The highest BCUT2D eigenvalue weighted by atomic mass is 35.5. The number of halogens is 2. The second kappa shape index (κ2) is 6.45. The van der Waals surface area contributed by atoms with Crippen molar-refractivity contribution in [2.24, 2.45) is 0 Å². The molecule has 25 heavy (non-hydrogen) atoms. The molecule has 2 heterocycles. The molecule has 0 spiro atoms. The van der Waals surface area contributed by atoms with Crippen LogP contribution in [0.1, 0.15) is 5.56 Å². The maximum atomic E-state index is 12.9. The number of carbonyl (C=O) groups is 1. The van der Waals surface area contributed by atoms with Crippen LogP contribution in [0.5, 0.6) is 0 Å². The van der Waals surface area contributed by atoms with E-state index in [4.69, 9.17) is 11.6 Å². The molecule has 3 rings (SSSR count). The monoisotopic (exact) mass is 358 g/mol. The fourth-order valence-corrected chi connectivity index (χ4v) is 2.53. The van der Waals surface area contributed by atoms with Crippen LogP contribution in [0, 0.1) is 6.92 Å². The Morgan fingerprint density at radius 2 is 2.12 bits per heavy atom. The lowest BCUT2D eigenvalue weighted by Crippen LogP contribution is -2.20. The van der Waals surface area contributed by atoms with Gasteiger partial charge in [-0.15, -0.1) is 0 Å². The molecule has 6 nitrogen and oxygen atoms in total. The van der Waals surface area contributed by atoms with Crippen molar-refractivity contribution < 1.29 is 9.18 Å². The van der Waals surface area contributed by atoms with Gasteiger partial charge in [-0.1, -0.05) is 12.6 Å². The molecular weight excluding hydrogens is 347 g/mol. The third-order valence-electron chi connectivity index (χ3n) is 3.54. The molecule has 0 bridgehead atoms. The number of aromatic nitrogens is 3. The van der Waals surface area contributed by atoms with E-state index in [1.54, 1.807) is 25.1 Å². The van der Waals surface area contributed by atoms with Gasteiger partial charge in [0.2, 0.25) is 5.28 Å². The van der Waals surface area contributed by atoms with Crippen LogP contribution in [0.3, 0.4) is 0 Å². The molecule has 1 N–H and O–H groups in total. The predicted molar refractivity (Wildman–Crippen MR) is 93.8 cm³/mol. The number of fused-ring (bicyclic) bond motifs is 1. The van der Waals surface area contributed by atoms with Gasteiger partial charge >= 0.3 is 0 Å². The summed E-state index contributed by atoms with van der Waals surface area (Å²) in [5.41, 5.74) is 1.47. The van der Waals surface area contributed by atoms with Gasteiger partial charge < -0.3 is 5.32 Å². The summed E-state index contributed by atoms with van der Waals surface area (Å²) in [7, 11) is 0. The Morgan fingerprint density at radius 1 is 1.36 bits per heavy atom. The first-order valence-electron chi connectivity index (χ1n) is 7.18.